The van der Waals surface area contributed by atoms with E-state index >= 15 is 0 Å². The number of carbonyl (C=O) groups is 3. The molecule has 1 heterocycles. The Morgan fingerprint density at radius 2 is 1.77 bits per heavy atom. The van der Waals surface area contributed by atoms with E-state index in [2.05, 4.69) is 24.1 Å². The van der Waals surface area contributed by atoms with Crippen molar-refractivity contribution in [1.82, 2.24) is 10.2 Å². The molecule has 0 aromatic heterocycles. The second kappa shape index (κ2) is 10.7. The monoisotopic (exact) mass is 422 g/mol. The van der Waals surface area contributed by atoms with Crippen LogP contribution in [0.25, 0.3) is 0 Å². The SMILES string of the molecule is CCN(CC)CC[C@H]1CC2(CCC(CCC(=O)CNC(=O)C(C)(C)C)CC2)C(=O)O1. The maximum atomic E-state index is 12.6. The van der Waals surface area contributed by atoms with Gasteiger partial charge in [0.2, 0.25) is 5.91 Å². The largest absolute Gasteiger partial charge is 0.462 e. The number of amides is 1. The van der Waals surface area contributed by atoms with Gasteiger partial charge in [-0.1, -0.05) is 34.6 Å². The van der Waals surface area contributed by atoms with Crippen molar-refractivity contribution in [2.24, 2.45) is 16.7 Å². The van der Waals surface area contributed by atoms with Gasteiger partial charge in [0.1, 0.15) is 6.10 Å². The van der Waals surface area contributed by atoms with Crippen molar-refractivity contribution in [3.8, 4) is 0 Å². The van der Waals surface area contributed by atoms with Crippen LogP contribution in [0.5, 0.6) is 0 Å². The minimum absolute atomic E-state index is 0.00599. The molecule has 0 unspecified atom stereocenters. The van der Waals surface area contributed by atoms with Gasteiger partial charge in [-0.2, -0.15) is 0 Å². The Morgan fingerprint density at radius 1 is 1.13 bits per heavy atom. The summed E-state index contributed by atoms with van der Waals surface area (Å²) < 4.78 is 5.75. The summed E-state index contributed by atoms with van der Waals surface area (Å²) in [5.41, 5.74) is -0.758. The summed E-state index contributed by atoms with van der Waals surface area (Å²) in [5.74, 6) is 0.488. The molecular formula is C24H42N2O4. The highest BCUT2D eigenvalue weighted by Gasteiger charge is 2.50. The Hall–Kier alpha value is -1.43. The molecule has 30 heavy (non-hydrogen) atoms. The van der Waals surface area contributed by atoms with E-state index in [1.165, 1.54) is 0 Å². The minimum atomic E-state index is -0.475. The molecule has 6 heteroatoms. The number of rotatable bonds is 10. The molecule has 6 nitrogen and oxygen atoms in total. The Morgan fingerprint density at radius 3 is 2.33 bits per heavy atom. The van der Waals surface area contributed by atoms with Gasteiger partial charge >= 0.3 is 5.97 Å². The highest BCUT2D eigenvalue weighted by Crippen LogP contribution is 2.48. The minimum Gasteiger partial charge on any atom is -0.462 e. The van der Waals surface area contributed by atoms with E-state index in [1.807, 2.05) is 20.8 Å². The van der Waals surface area contributed by atoms with Gasteiger partial charge in [-0.15, -0.1) is 0 Å². The van der Waals surface area contributed by atoms with E-state index < -0.39 is 5.41 Å². The van der Waals surface area contributed by atoms with Crippen LogP contribution in [0.4, 0.5) is 0 Å². The second-order valence-corrected chi connectivity index (χ2v) is 10.3. The number of ether oxygens (including phenoxy) is 1. The number of nitrogens with zero attached hydrogens (tertiary/aromatic N) is 1. The fraction of sp³-hybridized carbons (Fsp3) is 0.875. The van der Waals surface area contributed by atoms with Crippen LogP contribution in [-0.4, -0.2) is 54.8 Å². The Labute approximate surface area is 182 Å². The Kier molecular flexibility index (Phi) is 8.89. The van der Waals surface area contributed by atoms with Crippen LogP contribution >= 0.6 is 0 Å². The first-order valence-electron chi connectivity index (χ1n) is 11.8. The van der Waals surface area contributed by atoms with Crippen LogP contribution in [0, 0.1) is 16.7 Å². The zero-order valence-corrected chi connectivity index (χ0v) is 19.7. The average Bonchev–Trinajstić information content (AvgIpc) is 3.00. The first-order chi connectivity index (χ1) is 14.1. The van der Waals surface area contributed by atoms with Crippen LogP contribution in [0.1, 0.15) is 86.0 Å². The molecule has 0 radical (unpaired) electrons. The van der Waals surface area contributed by atoms with E-state index in [0.29, 0.717) is 12.3 Å². The molecule has 1 N–H and O–H groups in total. The molecule has 0 aromatic rings. The number of hydrogen-bond acceptors (Lipinski definition) is 5. The number of cyclic esters (lactones) is 1. The van der Waals surface area contributed by atoms with E-state index in [4.69, 9.17) is 4.74 Å². The zero-order chi connectivity index (χ0) is 22.4. The van der Waals surface area contributed by atoms with Crippen molar-refractivity contribution in [3.05, 3.63) is 0 Å². The molecule has 2 rings (SSSR count). The van der Waals surface area contributed by atoms with Gasteiger partial charge in [0, 0.05) is 24.8 Å². The predicted octanol–water partition coefficient (Wildman–Crippen LogP) is 3.72. The summed E-state index contributed by atoms with van der Waals surface area (Å²) in [7, 11) is 0. The van der Waals surface area contributed by atoms with Crippen molar-refractivity contribution in [2.45, 2.75) is 92.1 Å². The fourth-order valence-corrected chi connectivity index (χ4v) is 4.69. The molecule has 1 saturated carbocycles. The maximum Gasteiger partial charge on any atom is 0.312 e. The lowest BCUT2D eigenvalue weighted by atomic mass is 9.68. The first-order valence-corrected chi connectivity index (χ1v) is 11.8. The van der Waals surface area contributed by atoms with Crippen LogP contribution in [0.3, 0.4) is 0 Å². The quantitative estimate of drug-likeness (QED) is 0.543. The van der Waals surface area contributed by atoms with Crippen molar-refractivity contribution >= 4 is 17.7 Å². The smallest absolute Gasteiger partial charge is 0.312 e. The lowest BCUT2D eigenvalue weighted by Crippen LogP contribution is -2.38. The molecule has 2 fully saturated rings. The summed E-state index contributed by atoms with van der Waals surface area (Å²) in [5, 5.41) is 2.74. The molecule has 1 aliphatic heterocycles. The summed E-state index contributed by atoms with van der Waals surface area (Å²) >= 11 is 0. The maximum absolute atomic E-state index is 12.6. The van der Waals surface area contributed by atoms with E-state index in [-0.39, 0.29) is 35.7 Å². The third-order valence-electron chi connectivity index (χ3n) is 7.01. The van der Waals surface area contributed by atoms with Crippen molar-refractivity contribution in [1.29, 1.82) is 0 Å². The van der Waals surface area contributed by atoms with Crippen LogP contribution < -0.4 is 5.32 Å². The summed E-state index contributed by atoms with van der Waals surface area (Å²) in [6, 6.07) is 0. The van der Waals surface area contributed by atoms with Crippen molar-refractivity contribution < 1.29 is 19.1 Å². The van der Waals surface area contributed by atoms with E-state index in [9.17, 15) is 14.4 Å². The normalized spacial score (nSPS) is 26.8. The third kappa shape index (κ3) is 6.79. The fourth-order valence-electron chi connectivity index (χ4n) is 4.69. The first kappa shape index (κ1) is 24.8. The molecule has 172 valence electrons. The van der Waals surface area contributed by atoms with Crippen LogP contribution in [0.2, 0.25) is 0 Å². The average molecular weight is 423 g/mol. The van der Waals surface area contributed by atoms with E-state index in [0.717, 1.165) is 64.6 Å². The Bertz CT molecular complexity index is 599. The lowest BCUT2D eigenvalue weighted by molar-refractivity contribution is -0.150. The van der Waals surface area contributed by atoms with Gasteiger partial charge in [-0.05, 0) is 57.5 Å². The number of carbonyl (C=O) groups excluding carboxylic acids is 3. The standard InChI is InChI=1S/C24H42N2O4/c1-6-26(7-2)15-12-20-16-24(22(29)30-20)13-10-18(11-14-24)8-9-19(27)17-25-21(28)23(3,4)5/h18,20H,6-17H2,1-5H3,(H,25,28)/t18?,20-,24?/m0/s1. The van der Waals surface area contributed by atoms with Crippen molar-refractivity contribution in [2.75, 3.05) is 26.2 Å². The van der Waals surface area contributed by atoms with Gasteiger partial charge < -0.3 is 15.0 Å². The van der Waals surface area contributed by atoms with Crippen LogP contribution in [-0.2, 0) is 19.1 Å². The van der Waals surface area contributed by atoms with Gasteiger partial charge in [-0.25, -0.2) is 0 Å². The molecule has 0 bridgehead atoms. The molecule has 1 saturated heterocycles. The molecule has 0 aromatic carbocycles. The van der Waals surface area contributed by atoms with Gasteiger partial charge in [-0.3, -0.25) is 14.4 Å². The summed E-state index contributed by atoms with van der Waals surface area (Å²) in [6.07, 6.45) is 6.92. The molecule has 1 aliphatic carbocycles. The van der Waals surface area contributed by atoms with Gasteiger partial charge in [0.25, 0.3) is 0 Å². The number of esters is 1. The van der Waals surface area contributed by atoms with Gasteiger partial charge in [0.15, 0.2) is 5.78 Å². The predicted molar refractivity (Wildman–Crippen MR) is 118 cm³/mol. The van der Waals surface area contributed by atoms with Crippen molar-refractivity contribution in [3.63, 3.8) is 0 Å². The van der Waals surface area contributed by atoms with E-state index in [1.54, 1.807) is 0 Å². The van der Waals surface area contributed by atoms with Gasteiger partial charge in [0.05, 0.1) is 12.0 Å². The molecule has 2 aliphatic rings. The highest BCUT2D eigenvalue weighted by atomic mass is 16.6. The summed E-state index contributed by atoms with van der Waals surface area (Å²) in [4.78, 5) is 39.0. The number of ketones is 1. The second-order valence-electron chi connectivity index (χ2n) is 10.3. The third-order valence-corrected chi connectivity index (χ3v) is 7.01. The molecule has 1 amide bonds. The Balaban J connectivity index is 1.71. The highest BCUT2D eigenvalue weighted by molar-refractivity contribution is 5.88. The molecular weight excluding hydrogens is 380 g/mol. The summed E-state index contributed by atoms with van der Waals surface area (Å²) in [6.45, 7) is 13.0. The number of nitrogens with one attached hydrogen (secondary N) is 1. The number of Topliss-reactive ketones (excluding diaryl/α,β-unsaturated/α-hetero) is 1. The topological polar surface area (TPSA) is 75.7 Å². The zero-order valence-electron chi connectivity index (χ0n) is 19.7. The lowest BCUT2D eigenvalue weighted by Gasteiger charge is -2.34. The molecule has 1 atom stereocenters. The number of hydrogen-bond donors (Lipinski definition) is 1. The molecule has 1 spiro atoms. The van der Waals surface area contributed by atoms with Crippen LogP contribution in [0.15, 0.2) is 0 Å².